The molecule has 0 aliphatic heterocycles. The van der Waals surface area contributed by atoms with Gasteiger partial charge >= 0.3 is 0 Å². The Labute approximate surface area is 135 Å². The van der Waals surface area contributed by atoms with Gasteiger partial charge in [0.05, 0.1) is 11.6 Å². The molecule has 0 N–H and O–H groups in total. The molecule has 0 aliphatic carbocycles. The van der Waals surface area contributed by atoms with Crippen molar-refractivity contribution < 1.29 is 4.79 Å². The number of Topliss-reactive ketones (excluding diaryl/α,β-unsaturated/α-hetero) is 1. The standard InChI is InChI=1S/C17H17Cl2NO/c1-2-20(11-13-6-4-3-5-7-13)12-17(21)15-9-8-14(18)10-16(15)19/h3-10H,2,11-12H2,1H3. The van der Waals surface area contributed by atoms with E-state index in [2.05, 4.69) is 17.0 Å². The quantitative estimate of drug-likeness (QED) is 0.719. The highest BCUT2D eigenvalue weighted by atomic mass is 35.5. The number of halogens is 2. The highest BCUT2D eigenvalue weighted by molar-refractivity contribution is 6.36. The molecular weight excluding hydrogens is 305 g/mol. The van der Waals surface area contributed by atoms with E-state index in [9.17, 15) is 4.79 Å². The molecule has 21 heavy (non-hydrogen) atoms. The van der Waals surface area contributed by atoms with E-state index in [1.165, 1.54) is 5.56 Å². The van der Waals surface area contributed by atoms with E-state index >= 15 is 0 Å². The summed E-state index contributed by atoms with van der Waals surface area (Å²) in [5.41, 5.74) is 1.71. The molecule has 0 saturated carbocycles. The highest BCUT2D eigenvalue weighted by Gasteiger charge is 2.14. The second kappa shape index (κ2) is 7.60. The van der Waals surface area contributed by atoms with Crippen molar-refractivity contribution in [3.05, 3.63) is 69.7 Å². The zero-order chi connectivity index (χ0) is 15.2. The van der Waals surface area contributed by atoms with Crippen LogP contribution in [-0.2, 0) is 6.54 Å². The molecule has 0 aliphatic rings. The van der Waals surface area contributed by atoms with Crippen LogP contribution in [0, 0.1) is 0 Å². The summed E-state index contributed by atoms with van der Waals surface area (Å²) in [5.74, 6) is 0.00875. The summed E-state index contributed by atoms with van der Waals surface area (Å²) in [6.45, 7) is 3.92. The summed E-state index contributed by atoms with van der Waals surface area (Å²) in [6, 6.07) is 15.1. The predicted molar refractivity (Wildman–Crippen MR) is 88.2 cm³/mol. The SMILES string of the molecule is CCN(CC(=O)c1ccc(Cl)cc1Cl)Cc1ccccc1. The number of ketones is 1. The normalized spacial score (nSPS) is 10.9. The number of hydrogen-bond donors (Lipinski definition) is 0. The Morgan fingerprint density at radius 2 is 1.81 bits per heavy atom. The van der Waals surface area contributed by atoms with Crippen molar-refractivity contribution in [2.24, 2.45) is 0 Å². The van der Waals surface area contributed by atoms with Gasteiger partial charge in [-0.3, -0.25) is 9.69 Å². The van der Waals surface area contributed by atoms with Crippen molar-refractivity contribution in [1.29, 1.82) is 0 Å². The lowest BCUT2D eigenvalue weighted by Gasteiger charge is -2.20. The van der Waals surface area contributed by atoms with Crippen LogP contribution in [-0.4, -0.2) is 23.8 Å². The smallest absolute Gasteiger partial charge is 0.178 e. The Morgan fingerprint density at radius 1 is 1.10 bits per heavy atom. The molecule has 0 aromatic heterocycles. The lowest BCUT2D eigenvalue weighted by Crippen LogP contribution is -2.29. The van der Waals surface area contributed by atoms with Crippen molar-refractivity contribution in [2.75, 3.05) is 13.1 Å². The second-order valence-electron chi connectivity index (χ2n) is 4.84. The zero-order valence-electron chi connectivity index (χ0n) is 11.9. The minimum atomic E-state index is 0.00875. The van der Waals surface area contributed by atoms with Gasteiger partial charge in [0.15, 0.2) is 5.78 Å². The number of nitrogens with zero attached hydrogens (tertiary/aromatic N) is 1. The molecular formula is C17H17Cl2NO. The third-order valence-corrected chi connectivity index (χ3v) is 3.84. The molecule has 0 bridgehead atoms. The van der Waals surface area contributed by atoms with E-state index in [0.717, 1.165) is 13.1 Å². The topological polar surface area (TPSA) is 20.3 Å². The Hall–Kier alpha value is -1.35. The molecule has 0 heterocycles. The molecule has 2 nitrogen and oxygen atoms in total. The maximum atomic E-state index is 12.4. The van der Waals surface area contributed by atoms with E-state index in [1.54, 1.807) is 18.2 Å². The second-order valence-corrected chi connectivity index (χ2v) is 5.68. The fraction of sp³-hybridized carbons (Fsp3) is 0.235. The Kier molecular flexibility index (Phi) is 5.80. The summed E-state index contributed by atoms with van der Waals surface area (Å²) >= 11 is 11.9. The van der Waals surface area contributed by atoms with Gasteiger partial charge in [0.1, 0.15) is 0 Å². The van der Waals surface area contributed by atoms with E-state index in [-0.39, 0.29) is 5.78 Å². The average Bonchev–Trinajstić information content (AvgIpc) is 2.47. The molecule has 0 spiro atoms. The van der Waals surface area contributed by atoms with Crippen LogP contribution in [0.25, 0.3) is 0 Å². The maximum Gasteiger partial charge on any atom is 0.178 e. The monoisotopic (exact) mass is 321 g/mol. The van der Waals surface area contributed by atoms with Crippen molar-refractivity contribution in [2.45, 2.75) is 13.5 Å². The Morgan fingerprint density at radius 3 is 2.43 bits per heavy atom. The molecule has 0 radical (unpaired) electrons. The third-order valence-electron chi connectivity index (χ3n) is 3.29. The highest BCUT2D eigenvalue weighted by Crippen LogP contribution is 2.21. The van der Waals surface area contributed by atoms with Gasteiger partial charge < -0.3 is 0 Å². The molecule has 2 aromatic rings. The van der Waals surface area contributed by atoms with E-state index < -0.39 is 0 Å². The molecule has 2 rings (SSSR count). The first-order chi connectivity index (χ1) is 10.1. The van der Waals surface area contributed by atoms with Gasteiger partial charge in [-0.05, 0) is 30.3 Å². The molecule has 0 amide bonds. The summed E-state index contributed by atoms with van der Waals surface area (Å²) < 4.78 is 0. The van der Waals surface area contributed by atoms with Crippen molar-refractivity contribution in [3.8, 4) is 0 Å². The summed E-state index contributed by atoms with van der Waals surface area (Å²) in [5, 5.41) is 0.941. The van der Waals surface area contributed by atoms with Crippen LogP contribution < -0.4 is 0 Å². The van der Waals surface area contributed by atoms with Crippen LogP contribution in [0.2, 0.25) is 10.0 Å². The fourth-order valence-electron chi connectivity index (χ4n) is 2.13. The lowest BCUT2D eigenvalue weighted by atomic mass is 10.1. The lowest BCUT2D eigenvalue weighted by molar-refractivity contribution is 0.0929. The van der Waals surface area contributed by atoms with E-state index in [0.29, 0.717) is 22.2 Å². The van der Waals surface area contributed by atoms with Crippen LogP contribution in [0.5, 0.6) is 0 Å². The number of benzene rings is 2. The number of hydrogen-bond acceptors (Lipinski definition) is 2. The van der Waals surface area contributed by atoms with Gasteiger partial charge in [-0.25, -0.2) is 0 Å². The van der Waals surface area contributed by atoms with Crippen LogP contribution >= 0.6 is 23.2 Å². The molecule has 2 aromatic carbocycles. The largest absolute Gasteiger partial charge is 0.293 e. The maximum absolute atomic E-state index is 12.4. The average molecular weight is 322 g/mol. The first kappa shape index (κ1) is 16.0. The van der Waals surface area contributed by atoms with Crippen molar-refractivity contribution in [3.63, 3.8) is 0 Å². The number of rotatable bonds is 6. The van der Waals surface area contributed by atoms with Gasteiger partial charge in [-0.2, -0.15) is 0 Å². The first-order valence-electron chi connectivity index (χ1n) is 6.84. The summed E-state index contributed by atoms with van der Waals surface area (Å²) in [7, 11) is 0. The summed E-state index contributed by atoms with van der Waals surface area (Å²) in [6.07, 6.45) is 0. The van der Waals surface area contributed by atoms with Crippen molar-refractivity contribution >= 4 is 29.0 Å². The van der Waals surface area contributed by atoms with Crippen LogP contribution in [0.3, 0.4) is 0 Å². The Balaban J connectivity index is 2.06. The van der Waals surface area contributed by atoms with E-state index in [4.69, 9.17) is 23.2 Å². The van der Waals surface area contributed by atoms with Gasteiger partial charge in [0, 0.05) is 17.1 Å². The molecule has 0 saturated heterocycles. The van der Waals surface area contributed by atoms with Crippen molar-refractivity contribution in [1.82, 2.24) is 4.90 Å². The Bertz CT molecular complexity index is 613. The zero-order valence-corrected chi connectivity index (χ0v) is 13.4. The minimum absolute atomic E-state index is 0.00875. The fourth-order valence-corrected chi connectivity index (χ4v) is 2.64. The summed E-state index contributed by atoms with van der Waals surface area (Å²) in [4.78, 5) is 14.5. The molecule has 110 valence electrons. The van der Waals surface area contributed by atoms with Crippen LogP contribution in [0.4, 0.5) is 0 Å². The number of carbonyl (C=O) groups is 1. The predicted octanol–water partition coefficient (Wildman–Crippen LogP) is 4.70. The van der Waals surface area contributed by atoms with Gasteiger partial charge in [-0.15, -0.1) is 0 Å². The van der Waals surface area contributed by atoms with E-state index in [1.807, 2.05) is 25.1 Å². The molecule has 0 fully saturated rings. The van der Waals surface area contributed by atoms with Gasteiger partial charge in [-0.1, -0.05) is 60.5 Å². The molecule has 4 heteroatoms. The third kappa shape index (κ3) is 4.57. The molecule has 0 unspecified atom stereocenters. The van der Waals surface area contributed by atoms with Gasteiger partial charge in [0.2, 0.25) is 0 Å². The number of carbonyl (C=O) groups excluding carboxylic acids is 1. The first-order valence-corrected chi connectivity index (χ1v) is 7.60. The molecule has 0 atom stereocenters. The van der Waals surface area contributed by atoms with Crippen LogP contribution in [0.1, 0.15) is 22.8 Å². The van der Waals surface area contributed by atoms with Gasteiger partial charge in [0.25, 0.3) is 0 Å². The van der Waals surface area contributed by atoms with Crippen LogP contribution in [0.15, 0.2) is 48.5 Å². The number of likely N-dealkylation sites (N-methyl/N-ethyl adjacent to an activating group) is 1. The minimum Gasteiger partial charge on any atom is -0.293 e.